The molecule has 0 fully saturated rings. The molecule has 2 heterocycles. The van der Waals surface area contributed by atoms with Gasteiger partial charge >= 0.3 is 0 Å². The second-order valence-corrected chi connectivity index (χ2v) is 9.19. The second-order valence-electron chi connectivity index (χ2n) is 7.81. The molecule has 2 aliphatic rings. The van der Waals surface area contributed by atoms with Gasteiger partial charge in [0.25, 0.3) is 5.91 Å². The van der Waals surface area contributed by atoms with E-state index in [1.807, 2.05) is 54.3 Å². The van der Waals surface area contributed by atoms with Crippen LogP contribution in [0, 0.1) is 0 Å². The van der Waals surface area contributed by atoms with E-state index < -0.39 is 0 Å². The maximum absolute atomic E-state index is 13.4. The molecule has 0 radical (unpaired) electrons. The van der Waals surface area contributed by atoms with E-state index in [0.717, 1.165) is 10.6 Å². The number of amides is 2. The molecule has 5 rings (SSSR count). The lowest BCUT2D eigenvalue weighted by Crippen LogP contribution is -2.38. The number of fused-ring (bicyclic) bond motifs is 2. The molecule has 3 aromatic carbocycles. The van der Waals surface area contributed by atoms with E-state index in [2.05, 4.69) is 35.6 Å². The van der Waals surface area contributed by atoms with Crippen LogP contribution in [0.15, 0.2) is 77.7 Å². The molecule has 4 nitrogen and oxygen atoms in total. The van der Waals surface area contributed by atoms with Crippen LogP contribution in [0.4, 0.5) is 5.69 Å². The number of nitrogens with zero attached hydrogens (tertiary/aromatic N) is 1. The van der Waals surface area contributed by atoms with Gasteiger partial charge < -0.3 is 10.2 Å². The SMILES string of the molecule is CC1Sc2ccc(C(=O)N3Cc4ccccc4C(c4ccccc4)C3)cc2NC1=O. The Morgan fingerprint density at radius 2 is 1.80 bits per heavy atom. The number of nitrogens with one attached hydrogen (secondary N) is 1. The van der Waals surface area contributed by atoms with Gasteiger partial charge in [0.1, 0.15) is 0 Å². The van der Waals surface area contributed by atoms with Crippen LogP contribution >= 0.6 is 11.8 Å². The highest BCUT2D eigenvalue weighted by Crippen LogP contribution is 2.37. The summed E-state index contributed by atoms with van der Waals surface area (Å²) in [6, 6.07) is 24.4. The lowest BCUT2D eigenvalue weighted by Gasteiger charge is -2.35. The van der Waals surface area contributed by atoms with E-state index in [9.17, 15) is 9.59 Å². The standard InChI is InChI=1S/C25H22N2O2S/c1-16-24(28)26-22-13-18(11-12-23(22)30-16)25(29)27-14-19-9-5-6-10-20(19)21(15-27)17-7-3-2-4-8-17/h2-13,16,21H,14-15H2,1H3,(H,26,28). The summed E-state index contributed by atoms with van der Waals surface area (Å²) in [5, 5.41) is 2.81. The van der Waals surface area contributed by atoms with E-state index in [1.54, 1.807) is 0 Å². The van der Waals surface area contributed by atoms with Crippen molar-refractivity contribution in [2.24, 2.45) is 0 Å². The van der Waals surface area contributed by atoms with Crippen molar-refractivity contribution in [2.75, 3.05) is 11.9 Å². The lowest BCUT2D eigenvalue weighted by molar-refractivity contribution is -0.115. The van der Waals surface area contributed by atoms with Gasteiger partial charge in [0.2, 0.25) is 5.91 Å². The molecule has 0 aromatic heterocycles. The summed E-state index contributed by atoms with van der Waals surface area (Å²) < 4.78 is 0. The Balaban J connectivity index is 1.47. The van der Waals surface area contributed by atoms with Crippen molar-refractivity contribution in [3.63, 3.8) is 0 Å². The minimum Gasteiger partial charge on any atom is -0.333 e. The Morgan fingerprint density at radius 1 is 1.03 bits per heavy atom. The van der Waals surface area contributed by atoms with Crippen molar-refractivity contribution in [2.45, 2.75) is 29.5 Å². The number of carbonyl (C=O) groups is 2. The minimum absolute atomic E-state index is 0.00824. The van der Waals surface area contributed by atoms with Gasteiger partial charge in [-0.05, 0) is 41.8 Å². The third kappa shape index (κ3) is 3.39. The maximum Gasteiger partial charge on any atom is 0.254 e. The Kier molecular flexibility index (Phi) is 4.83. The van der Waals surface area contributed by atoms with Gasteiger partial charge in [0.15, 0.2) is 0 Å². The van der Waals surface area contributed by atoms with E-state index in [0.29, 0.717) is 18.7 Å². The zero-order chi connectivity index (χ0) is 20.7. The van der Waals surface area contributed by atoms with Gasteiger partial charge in [-0.3, -0.25) is 9.59 Å². The average molecular weight is 415 g/mol. The molecule has 150 valence electrons. The van der Waals surface area contributed by atoms with E-state index >= 15 is 0 Å². The zero-order valence-electron chi connectivity index (χ0n) is 16.7. The summed E-state index contributed by atoms with van der Waals surface area (Å²) in [6.45, 7) is 3.11. The highest BCUT2D eigenvalue weighted by atomic mass is 32.2. The molecule has 0 spiro atoms. The fourth-order valence-corrected chi connectivity index (χ4v) is 5.19. The van der Waals surface area contributed by atoms with Crippen LogP contribution in [0.5, 0.6) is 0 Å². The van der Waals surface area contributed by atoms with Crippen LogP contribution < -0.4 is 5.32 Å². The maximum atomic E-state index is 13.4. The third-order valence-electron chi connectivity index (χ3n) is 5.84. The molecule has 0 aliphatic carbocycles. The number of anilines is 1. The van der Waals surface area contributed by atoms with Gasteiger partial charge in [-0.1, -0.05) is 54.6 Å². The summed E-state index contributed by atoms with van der Waals surface area (Å²) in [5.41, 5.74) is 5.02. The molecule has 30 heavy (non-hydrogen) atoms. The number of hydrogen-bond donors (Lipinski definition) is 1. The molecule has 0 bridgehead atoms. The number of thioether (sulfide) groups is 1. The van der Waals surface area contributed by atoms with E-state index in [1.165, 1.54) is 28.5 Å². The minimum atomic E-state index is -0.121. The topological polar surface area (TPSA) is 49.4 Å². The fourth-order valence-electron chi connectivity index (χ4n) is 4.26. The second kappa shape index (κ2) is 7.65. The Bertz CT molecular complexity index is 1130. The number of benzene rings is 3. The van der Waals surface area contributed by atoms with Crippen LogP contribution in [0.1, 0.15) is 39.9 Å². The predicted molar refractivity (Wildman–Crippen MR) is 120 cm³/mol. The first-order valence-corrected chi connectivity index (χ1v) is 11.0. The summed E-state index contributed by atoms with van der Waals surface area (Å²) in [4.78, 5) is 28.4. The molecule has 2 aliphatic heterocycles. The van der Waals surface area contributed by atoms with Gasteiger partial charge in [0, 0.05) is 29.5 Å². The zero-order valence-corrected chi connectivity index (χ0v) is 17.5. The highest BCUT2D eigenvalue weighted by molar-refractivity contribution is 8.00. The molecule has 5 heteroatoms. The largest absolute Gasteiger partial charge is 0.333 e. The number of carbonyl (C=O) groups excluding carboxylic acids is 2. The third-order valence-corrected chi connectivity index (χ3v) is 7.02. The molecule has 2 atom stereocenters. The summed E-state index contributed by atoms with van der Waals surface area (Å²) >= 11 is 1.53. The Labute approximate surface area is 180 Å². The molecule has 2 amide bonds. The fraction of sp³-hybridized carbons (Fsp3) is 0.200. The van der Waals surface area contributed by atoms with Gasteiger partial charge in [-0.2, -0.15) is 0 Å². The van der Waals surface area contributed by atoms with Crippen LogP contribution in [-0.4, -0.2) is 28.5 Å². The monoisotopic (exact) mass is 414 g/mol. The normalized spacial score (nSPS) is 20.2. The van der Waals surface area contributed by atoms with Gasteiger partial charge in [-0.25, -0.2) is 0 Å². The average Bonchev–Trinajstić information content (AvgIpc) is 2.79. The van der Waals surface area contributed by atoms with Crippen molar-refractivity contribution < 1.29 is 9.59 Å². The first kappa shape index (κ1) is 18.9. The summed E-state index contributed by atoms with van der Waals surface area (Å²) in [6.07, 6.45) is 0. The van der Waals surface area contributed by atoms with Crippen molar-refractivity contribution >= 4 is 29.3 Å². The van der Waals surface area contributed by atoms with Crippen LogP contribution in [-0.2, 0) is 11.3 Å². The molecular formula is C25H22N2O2S. The quantitative estimate of drug-likeness (QED) is 0.648. The van der Waals surface area contributed by atoms with E-state index in [-0.39, 0.29) is 23.0 Å². The Hall–Kier alpha value is -3.05. The van der Waals surface area contributed by atoms with Gasteiger partial charge in [0.05, 0.1) is 10.9 Å². The summed E-state index contributed by atoms with van der Waals surface area (Å²) in [7, 11) is 0. The molecule has 0 saturated heterocycles. The molecule has 3 aromatic rings. The van der Waals surface area contributed by atoms with Crippen LogP contribution in [0.25, 0.3) is 0 Å². The van der Waals surface area contributed by atoms with Crippen LogP contribution in [0.2, 0.25) is 0 Å². The van der Waals surface area contributed by atoms with Crippen molar-refractivity contribution in [3.05, 3.63) is 95.1 Å². The van der Waals surface area contributed by atoms with Crippen LogP contribution in [0.3, 0.4) is 0 Å². The van der Waals surface area contributed by atoms with Crippen molar-refractivity contribution in [1.82, 2.24) is 4.90 Å². The molecule has 2 unspecified atom stereocenters. The van der Waals surface area contributed by atoms with E-state index in [4.69, 9.17) is 0 Å². The molecular weight excluding hydrogens is 392 g/mol. The predicted octanol–water partition coefficient (Wildman–Crippen LogP) is 4.91. The smallest absolute Gasteiger partial charge is 0.254 e. The first-order chi connectivity index (χ1) is 14.6. The number of rotatable bonds is 2. The first-order valence-electron chi connectivity index (χ1n) is 10.1. The lowest BCUT2D eigenvalue weighted by atomic mass is 9.84. The number of hydrogen-bond acceptors (Lipinski definition) is 3. The van der Waals surface area contributed by atoms with Crippen molar-refractivity contribution in [3.8, 4) is 0 Å². The Morgan fingerprint density at radius 3 is 2.63 bits per heavy atom. The van der Waals surface area contributed by atoms with Gasteiger partial charge in [-0.15, -0.1) is 11.8 Å². The highest BCUT2D eigenvalue weighted by Gasteiger charge is 2.30. The summed E-state index contributed by atoms with van der Waals surface area (Å²) in [5.74, 6) is 0.119. The van der Waals surface area contributed by atoms with Crippen molar-refractivity contribution in [1.29, 1.82) is 0 Å². The molecule has 0 saturated carbocycles. The molecule has 1 N–H and O–H groups in total.